The van der Waals surface area contributed by atoms with Crippen LogP contribution in [-0.4, -0.2) is 85.1 Å². The minimum atomic E-state index is -1.59. The van der Waals surface area contributed by atoms with Gasteiger partial charge in [-0.25, -0.2) is 0 Å². The molecule has 13 atom stereocenters. The van der Waals surface area contributed by atoms with Gasteiger partial charge >= 0.3 is 35.8 Å². The van der Waals surface area contributed by atoms with E-state index in [1.165, 1.54) is 12.5 Å². The molecule has 1 aliphatic heterocycles. The number of halogens is 1. The van der Waals surface area contributed by atoms with Crippen molar-refractivity contribution in [2.24, 2.45) is 50.2 Å². The summed E-state index contributed by atoms with van der Waals surface area (Å²) in [6.45, 7) is 20.6. The highest BCUT2D eigenvalue weighted by Gasteiger charge is 2.70. The van der Waals surface area contributed by atoms with Crippen LogP contribution in [-0.2, 0) is 61.9 Å². The van der Waals surface area contributed by atoms with E-state index in [1.54, 1.807) is 0 Å². The molecule has 1 saturated heterocycles. The summed E-state index contributed by atoms with van der Waals surface area (Å²) in [7, 11) is 0. The van der Waals surface area contributed by atoms with E-state index in [0.717, 1.165) is 72.1 Å². The van der Waals surface area contributed by atoms with Crippen LogP contribution in [0.25, 0.3) is 0 Å². The fourth-order valence-electron chi connectivity index (χ4n) is 13.5. The molecule has 0 unspecified atom stereocenters. The van der Waals surface area contributed by atoms with Crippen LogP contribution in [0.5, 0.6) is 0 Å². The van der Waals surface area contributed by atoms with Gasteiger partial charge in [0.25, 0.3) is 0 Å². The van der Waals surface area contributed by atoms with Gasteiger partial charge in [-0.15, -0.1) is 11.6 Å². The van der Waals surface area contributed by atoms with Crippen LogP contribution in [0.3, 0.4) is 0 Å². The summed E-state index contributed by atoms with van der Waals surface area (Å²) in [5.74, 6) is -3.38. The fourth-order valence-corrected chi connectivity index (χ4v) is 13.6. The van der Waals surface area contributed by atoms with E-state index in [1.807, 2.05) is 0 Å². The van der Waals surface area contributed by atoms with Gasteiger partial charge in [-0.2, -0.15) is 0 Å². The molecule has 14 heteroatoms. The lowest BCUT2D eigenvalue weighted by Crippen LogP contribution is -2.66. The van der Waals surface area contributed by atoms with E-state index in [9.17, 15) is 24.0 Å². The van der Waals surface area contributed by atoms with Crippen molar-refractivity contribution in [3.63, 3.8) is 0 Å². The van der Waals surface area contributed by atoms with Crippen LogP contribution in [0.4, 0.5) is 0 Å². The Balaban J connectivity index is 1.35. The number of rotatable bonds is 9. The number of alkyl halides is 1. The van der Waals surface area contributed by atoms with Gasteiger partial charge in [0.2, 0.25) is 12.4 Å². The minimum absolute atomic E-state index is 0.000149. The van der Waals surface area contributed by atoms with Gasteiger partial charge in [-0.1, -0.05) is 60.1 Å². The van der Waals surface area contributed by atoms with Gasteiger partial charge in [-0.3, -0.25) is 28.8 Å². The summed E-state index contributed by atoms with van der Waals surface area (Å²) >= 11 is 5.88. The van der Waals surface area contributed by atoms with E-state index < -0.39 is 72.6 Å². The van der Waals surface area contributed by atoms with E-state index in [2.05, 4.69) is 54.5 Å². The number of ether oxygens (including phenoxy) is 7. The van der Waals surface area contributed by atoms with Gasteiger partial charge in [0.15, 0.2) is 12.2 Å². The maximum absolute atomic E-state index is 15.2. The lowest BCUT2D eigenvalue weighted by Gasteiger charge is -2.71. The van der Waals surface area contributed by atoms with Gasteiger partial charge < -0.3 is 33.2 Å². The third kappa shape index (κ3) is 8.00. The molecule has 4 saturated carbocycles. The smallest absolute Gasteiger partial charge is 0.321 e. The second-order valence-corrected chi connectivity index (χ2v) is 21.1. The number of carbonyl (C=O) groups excluding carboxylic acids is 6. The topological polar surface area (TPSA) is 167 Å². The molecule has 0 bridgehead atoms. The Labute approximate surface area is 360 Å². The molecular formula is C46H67ClO13. The van der Waals surface area contributed by atoms with Crippen LogP contribution < -0.4 is 0 Å². The Hall–Kier alpha value is -3.19. The molecule has 0 amide bonds. The number of fused-ring (bicyclic) bond motifs is 7. The van der Waals surface area contributed by atoms with Gasteiger partial charge in [0, 0.05) is 33.1 Å². The second kappa shape index (κ2) is 16.5. The summed E-state index contributed by atoms with van der Waals surface area (Å²) in [4.78, 5) is 76.9. The highest BCUT2D eigenvalue weighted by molar-refractivity contribution is 6.26. The highest BCUT2D eigenvalue weighted by atomic mass is 35.5. The lowest BCUT2D eigenvalue weighted by molar-refractivity contribution is -0.304. The number of hydrogen-bond acceptors (Lipinski definition) is 13. The molecule has 0 radical (unpaired) electrons. The van der Waals surface area contributed by atoms with Crippen molar-refractivity contribution in [1.29, 1.82) is 0 Å². The zero-order valence-corrected chi connectivity index (χ0v) is 38.2. The predicted molar refractivity (Wildman–Crippen MR) is 218 cm³/mol. The van der Waals surface area contributed by atoms with Gasteiger partial charge in [-0.05, 0) is 104 Å². The summed E-state index contributed by atoms with van der Waals surface area (Å²) in [5.41, 5.74) is -0.204. The highest BCUT2D eigenvalue weighted by Crippen LogP contribution is 2.76. The predicted octanol–water partition coefficient (Wildman–Crippen LogP) is 7.57. The molecule has 60 heavy (non-hydrogen) atoms. The number of carbonyl (C=O) groups is 6. The van der Waals surface area contributed by atoms with Gasteiger partial charge in [0.05, 0.1) is 5.41 Å². The Morgan fingerprint density at radius 2 is 1.32 bits per heavy atom. The van der Waals surface area contributed by atoms with Crippen molar-refractivity contribution < 1.29 is 61.9 Å². The zero-order valence-electron chi connectivity index (χ0n) is 37.4. The summed E-state index contributed by atoms with van der Waals surface area (Å²) in [6.07, 6.45) is 3.19. The van der Waals surface area contributed by atoms with E-state index in [0.29, 0.717) is 24.7 Å². The molecule has 6 rings (SSSR count). The normalized spacial score (nSPS) is 41.3. The lowest BCUT2D eigenvalue weighted by atomic mass is 9.33. The summed E-state index contributed by atoms with van der Waals surface area (Å²) in [5, 5.41) is 0. The van der Waals surface area contributed by atoms with Crippen molar-refractivity contribution in [3.8, 4) is 0 Å². The van der Waals surface area contributed by atoms with Crippen molar-refractivity contribution in [2.75, 3.05) is 12.5 Å². The summed E-state index contributed by atoms with van der Waals surface area (Å²) < 4.78 is 40.7. The molecule has 0 aromatic carbocycles. The molecule has 13 nitrogen and oxygen atoms in total. The molecule has 6 aliphatic rings. The van der Waals surface area contributed by atoms with Crippen molar-refractivity contribution in [3.05, 3.63) is 11.6 Å². The Kier molecular flexibility index (Phi) is 12.7. The first kappa shape index (κ1) is 46.3. The quantitative estimate of drug-likeness (QED) is 0.0965. The number of esters is 6. The first-order valence-electron chi connectivity index (χ1n) is 21.8. The van der Waals surface area contributed by atoms with E-state index in [4.69, 9.17) is 44.8 Å². The van der Waals surface area contributed by atoms with E-state index >= 15 is 4.79 Å². The molecule has 0 spiro atoms. The Morgan fingerprint density at radius 3 is 1.93 bits per heavy atom. The first-order chi connectivity index (χ1) is 27.8. The molecule has 0 N–H and O–H groups in total. The SMILES string of the molecule is CC(=O)OC[C@H]1O[C@@H](OC(=O)[C@]23CCC(C)(C)C[C@H]2C2=CC[C@@H]4[C@@]5(C)CC[C@H](OC(=O)CCl)C(C)(C)[C@@H]5CC[C@@]4(C)[C@]2(C)CC3)[C@H](OC(C)=O)[C@@H](OC(C)=O)[C@H]1OC(C)=O. The third-order valence-corrected chi connectivity index (χ3v) is 16.8. The zero-order chi connectivity index (χ0) is 44.4. The second-order valence-electron chi connectivity index (χ2n) is 20.8. The molecule has 336 valence electrons. The third-order valence-electron chi connectivity index (χ3n) is 16.5. The maximum Gasteiger partial charge on any atom is 0.321 e. The first-order valence-corrected chi connectivity index (χ1v) is 22.4. The standard InChI is InChI=1S/C46H67ClO13/c1-25(48)54-24-31-36(55-26(2)49)37(56-27(3)50)38(57-28(4)51)39(58-31)60-40(53)46-20-18-41(5,6)22-30(46)29-12-13-33-43(9)16-15-34(59-35(52)23-47)42(7,8)32(43)14-17-45(33,11)44(29,10)19-21-46/h12,30-34,36-39H,13-24H2,1-11H3/t30-,31+,32-,33+,34-,36-,37-,38+,39-,43-,44+,45+,46-/m0/s1. The average molecular weight is 863 g/mol. The van der Waals surface area contributed by atoms with Crippen LogP contribution in [0, 0.1) is 50.2 Å². The Bertz CT molecular complexity index is 1770. The molecule has 1 heterocycles. The number of hydrogen-bond donors (Lipinski definition) is 0. The van der Waals surface area contributed by atoms with E-state index in [-0.39, 0.29) is 50.9 Å². The van der Waals surface area contributed by atoms with Crippen LogP contribution in [0.2, 0.25) is 0 Å². The van der Waals surface area contributed by atoms with Crippen molar-refractivity contribution in [2.45, 2.75) is 177 Å². The number of allylic oxidation sites excluding steroid dienone is 2. The van der Waals surface area contributed by atoms with Crippen LogP contribution in [0.1, 0.15) is 140 Å². The van der Waals surface area contributed by atoms with Crippen LogP contribution in [0.15, 0.2) is 11.6 Å². The maximum atomic E-state index is 15.2. The average Bonchev–Trinajstić information content (AvgIpc) is 3.13. The molecule has 0 aromatic rings. The molecule has 5 aliphatic carbocycles. The van der Waals surface area contributed by atoms with Crippen molar-refractivity contribution >= 4 is 47.4 Å². The molecular weight excluding hydrogens is 796 g/mol. The van der Waals surface area contributed by atoms with Crippen molar-refractivity contribution in [1.82, 2.24) is 0 Å². The van der Waals surface area contributed by atoms with Gasteiger partial charge in [0.1, 0.15) is 24.7 Å². The largest absolute Gasteiger partial charge is 0.463 e. The molecule has 5 fully saturated rings. The molecule has 0 aromatic heterocycles. The summed E-state index contributed by atoms with van der Waals surface area (Å²) in [6, 6.07) is 0. The Morgan fingerprint density at radius 1 is 0.700 bits per heavy atom. The van der Waals surface area contributed by atoms with Crippen LogP contribution >= 0.6 is 11.6 Å². The monoisotopic (exact) mass is 862 g/mol. The minimum Gasteiger partial charge on any atom is -0.463 e. The fraction of sp³-hybridized carbons (Fsp3) is 0.826.